The highest BCUT2D eigenvalue weighted by atomic mass is 16.7. The second-order valence-electron chi connectivity index (χ2n) is 6.28. The molecule has 1 rings (SSSR count). The molecule has 108 valence electrons. The molecule has 1 heterocycles. The zero-order chi connectivity index (χ0) is 15.0. The lowest BCUT2D eigenvalue weighted by atomic mass is 9.61. The lowest BCUT2D eigenvalue weighted by molar-refractivity contribution is -0.146. The van der Waals surface area contributed by atoms with Gasteiger partial charge in [-0.05, 0) is 5.31 Å². The molecule has 0 N–H and O–H groups in total. The molecule has 0 aromatic rings. The van der Waals surface area contributed by atoms with E-state index in [1.54, 1.807) is 28.2 Å². The van der Waals surface area contributed by atoms with Crippen LogP contribution in [0, 0.1) is 0 Å². The van der Waals surface area contributed by atoms with Crippen LogP contribution in [0.4, 0.5) is 0 Å². The number of nitrogens with zero attached hydrogens (tertiary/aromatic N) is 2. The fourth-order valence-electron chi connectivity index (χ4n) is 1.73. The minimum Gasteiger partial charge on any atom is -0.396 e. The van der Waals surface area contributed by atoms with Crippen LogP contribution in [0.1, 0.15) is 20.8 Å². The maximum Gasteiger partial charge on any atom is 0.464 e. The SMILES string of the molecule is CN(C)C(=O)C1OB(C(C)(C)C)OC1C(=O)N(C)C. The Balaban J connectivity index is 2.97. The Bertz CT molecular complexity index is 337. The fourth-order valence-corrected chi connectivity index (χ4v) is 1.73. The highest BCUT2D eigenvalue weighted by molar-refractivity contribution is 6.49. The van der Waals surface area contributed by atoms with Crippen molar-refractivity contribution in [3.8, 4) is 0 Å². The van der Waals surface area contributed by atoms with Gasteiger partial charge < -0.3 is 19.1 Å². The summed E-state index contributed by atoms with van der Waals surface area (Å²) in [6, 6.07) is 0. The number of carbonyl (C=O) groups excluding carboxylic acids is 2. The van der Waals surface area contributed by atoms with E-state index in [-0.39, 0.29) is 17.1 Å². The van der Waals surface area contributed by atoms with Gasteiger partial charge in [-0.2, -0.15) is 0 Å². The van der Waals surface area contributed by atoms with Gasteiger partial charge in [0.2, 0.25) is 0 Å². The maximum absolute atomic E-state index is 12.1. The lowest BCUT2D eigenvalue weighted by Gasteiger charge is -2.22. The molecule has 0 bridgehead atoms. The average molecular weight is 270 g/mol. The smallest absolute Gasteiger partial charge is 0.396 e. The molecule has 0 aromatic heterocycles. The van der Waals surface area contributed by atoms with Crippen LogP contribution in [-0.4, -0.2) is 69.1 Å². The van der Waals surface area contributed by atoms with Crippen LogP contribution in [-0.2, 0) is 18.9 Å². The van der Waals surface area contributed by atoms with Gasteiger partial charge in [-0.1, -0.05) is 20.8 Å². The Morgan fingerprint density at radius 1 is 0.895 bits per heavy atom. The van der Waals surface area contributed by atoms with Gasteiger partial charge in [0.1, 0.15) is 0 Å². The van der Waals surface area contributed by atoms with E-state index in [0.29, 0.717) is 0 Å². The van der Waals surface area contributed by atoms with Crippen LogP contribution in [0.3, 0.4) is 0 Å². The minimum absolute atomic E-state index is 0.257. The number of likely N-dealkylation sites (N-methyl/N-ethyl adjacent to an activating group) is 2. The van der Waals surface area contributed by atoms with Gasteiger partial charge in [0, 0.05) is 28.2 Å². The molecule has 2 unspecified atom stereocenters. The highest BCUT2D eigenvalue weighted by Gasteiger charge is 2.52. The average Bonchev–Trinajstić information content (AvgIpc) is 2.70. The van der Waals surface area contributed by atoms with E-state index in [0.717, 1.165) is 0 Å². The van der Waals surface area contributed by atoms with Crippen molar-refractivity contribution in [2.24, 2.45) is 0 Å². The van der Waals surface area contributed by atoms with Crippen molar-refractivity contribution in [3.05, 3.63) is 0 Å². The number of hydrogen-bond donors (Lipinski definition) is 0. The Morgan fingerprint density at radius 3 is 1.42 bits per heavy atom. The number of rotatable bonds is 2. The topological polar surface area (TPSA) is 59.1 Å². The number of amides is 2. The van der Waals surface area contributed by atoms with Crippen LogP contribution in [0.5, 0.6) is 0 Å². The summed E-state index contributed by atoms with van der Waals surface area (Å²) in [4.78, 5) is 27.0. The largest absolute Gasteiger partial charge is 0.464 e. The zero-order valence-electron chi connectivity index (χ0n) is 12.8. The van der Waals surface area contributed by atoms with Crippen molar-refractivity contribution < 1.29 is 18.9 Å². The lowest BCUT2D eigenvalue weighted by Crippen LogP contribution is -2.47. The predicted molar refractivity (Wildman–Crippen MR) is 72.6 cm³/mol. The molecule has 7 heteroatoms. The minimum atomic E-state index is -0.880. The monoisotopic (exact) mass is 270 g/mol. The maximum atomic E-state index is 12.1. The van der Waals surface area contributed by atoms with Crippen LogP contribution >= 0.6 is 0 Å². The zero-order valence-corrected chi connectivity index (χ0v) is 12.8. The van der Waals surface area contributed by atoms with Crippen LogP contribution in [0.15, 0.2) is 0 Å². The van der Waals surface area contributed by atoms with Crippen LogP contribution < -0.4 is 0 Å². The molecule has 0 saturated carbocycles. The summed E-state index contributed by atoms with van der Waals surface area (Å²) in [5.41, 5.74) is 0. The summed E-state index contributed by atoms with van der Waals surface area (Å²) in [6.45, 7) is 5.83. The molecule has 1 fully saturated rings. The standard InChI is InChI=1S/C12H23BN2O4/c1-12(2,3)13-18-8(10(16)14(4)5)9(19-13)11(17)15(6)7/h8-9H,1-7H3. The van der Waals surface area contributed by atoms with Gasteiger partial charge in [-0.25, -0.2) is 0 Å². The van der Waals surface area contributed by atoms with Crippen LogP contribution in [0.2, 0.25) is 5.31 Å². The number of carbonyl (C=O) groups is 2. The second kappa shape index (κ2) is 5.50. The summed E-state index contributed by atoms with van der Waals surface area (Å²) in [7, 11) is 5.96. The Labute approximate surface area is 115 Å². The van der Waals surface area contributed by atoms with Crippen molar-refractivity contribution in [2.75, 3.05) is 28.2 Å². The van der Waals surface area contributed by atoms with Gasteiger partial charge in [-0.15, -0.1) is 0 Å². The molecule has 0 aromatic carbocycles. The molecule has 2 amide bonds. The molecule has 1 saturated heterocycles. The Morgan fingerprint density at radius 2 is 1.21 bits per heavy atom. The van der Waals surface area contributed by atoms with Gasteiger partial charge in [0.05, 0.1) is 0 Å². The van der Waals surface area contributed by atoms with Gasteiger partial charge >= 0.3 is 7.12 Å². The molecule has 2 atom stereocenters. The fraction of sp³-hybridized carbons (Fsp3) is 0.833. The van der Waals surface area contributed by atoms with Crippen molar-refractivity contribution in [1.82, 2.24) is 9.80 Å². The van der Waals surface area contributed by atoms with E-state index < -0.39 is 19.3 Å². The first-order chi connectivity index (χ1) is 8.55. The van der Waals surface area contributed by atoms with E-state index >= 15 is 0 Å². The van der Waals surface area contributed by atoms with Gasteiger partial charge in [0.15, 0.2) is 12.2 Å². The molecule has 0 radical (unpaired) electrons. The predicted octanol–water partition coefficient (Wildman–Crippen LogP) is 0.235. The quantitative estimate of drug-likeness (QED) is 0.674. The molecular weight excluding hydrogens is 247 g/mol. The normalized spacial score (nSPS) is 23.4. The van der Waals surface area contributed by atoms with E-state index in [1.165, 1.54) is 9.80 Å². The summed E-state index contributed by atoms with van der Waals surface area (Å²) < 4.78 is 11.3. The highest BCUT2D eigenvalue weighted by Crippen LogP contribution is 2.35. The Kier molecular flexibility index (Phi) is 4.63. The molecule has 0 spiro atoms. The van der Waals surface area contributed by atoms with Gasteiger partial charge in [-0.3, -0.25) is 9.59 Å². The van der Waals surface area contributed by atoms with E-state index in [9.17, 15) is 9.59 Å². The summed E-state index contributed by atoms with van der Waals surface area (Å²) in [5, 5.41) is -0.299. The molecule has 19 heavy (non-hydrogen) atoms. The van der Waals surface area contributed by atoms with Crippen molar-refractivity contribution in [2.45, 2.75) is 38.3 Å². The van der Waals surface area contributed by atoms with E-state index in [4.69, 9.17) is 9.31 Å². The molecule has 1 aliphatic rings. The second-order valence-corrected chi connectivity index (χ2v) is 6.28. The molecule has 6 nitrogen and oxygen atoms in total. The molecular formula is C12H23BN2O4. The van der Waals surface area contributed by atoms with Gasteiger partial charge in [0.25, 0.3) is 11.8 Å². The van der Waals surface area contributed by atoms with Crippen LogP contribution in [0.25, 0.3) is 0 Å². The summed E-state index contributed by atoms with van der Waals surface area (Å²) in [6.07, 6.45) is -1.76. The molecule has 0 aliphatic carbocycles. The Hall–Kier alpha value is -1.08. The van der Waals surface area contributed by atoms with E-state index in [1.807, 2.05) is 20.8 Å². The first-order valence-corrected chi connectivity index (χ1v) is 6.29. The van der Waals surface area contributed by atoms with E-state index in [2.05, 4.69) is 0 Å². The summed E-state index contributed by atoms with van der Waals surface area (Å²) in [5.74, 6) is -0.515. The van der Waals surface area contributed by atoms with Crippen molar-refractivity contribution in [3.63, 3.8) is 0 Å². The molecule has 1 aliphatic heterocycles. The summed E-state index contributed by atoms with van der Waals surface area (Å²) >= 11 is 0. The third-order valence-electron chi connectivity index (χ3n) is 2.89. The first-order valence-electron chi connectivity index (χ1n) is 6.29. The number of hydrogen-bond acceptors (Lipinski definition) is 4. The van der Waals surface area contributed by atoms with Crippen molar-refractivity contribution >= 4 is 18.9 Å². The van der Waals surface area contributed by atoms with Crippen molar-refractivity contribution in [1.29, 1.82) is 0 Å². The third kappa shape index (κ3) is 3.48. The first kappa shape index (κ1) is 16.0. The third-order valence-corrected chi connectivity index (χ3v) is 2.89.